The number of nitrogens with two attached hydrogens (primary N) is 2. The Bertz CT molecular complexity index is 470. The molecule has 0 aliphatic rings. The Balaban J connectivity index is 3.59. The Labute approximate surface area is 112 Å². The Morgan fingerprint density at radius 1 is 1.05 bits per heavy atom. The number of amides is 2. The van der Waals surface area contributed by atoms with Crippen LogP contribution in [0, 0.1) is 5.21 Å². The largest absolute Gasteiger partial charge is 0.618 e. The van der Waals surface area contributed by atoms with Crippen molar-refractivity contribution in [3.05, 3.63) is 33.8 Å². The highest BCUT2D eigenvalue weighted by Crippen LogP contribution is 2.14. The lowest BCUT2D eigenvalue weighted by molar-refractivity contribution is -0.622. The first-order valence-corrected chi connectivity index (χ1v) is 6.31. The first-order chi connectivity index (χ1) is 8.93. The van der Waals surface area contributed by atoms with Gasteiger partial charge in [0.1, 0.15) is 11.1 Å². The topological polar surface area (TPSA) is 113 Å². The lowest BCUT2D eigenvalue weighted by Crippen LogP contribution is -2.42. The van der Waals surface area contributed by atoms with E-state index in [1.165, 1.54) is 6.07 Å². The van der Waals surface area contributed by atoms with Gasteiger partial charge in [0, 0.05) is 12.8 Å². The summed E-state index contributed by atoms with van der Waals surface area (Å²) in [5, 5.41) is 12.3. The number of carbonyl (C=O) groups is 2. The molecular weight excluding hydrogens is 246 g/mol. The Morgan fingerprint density at radius 3 is 1.68 bits per heavy atom. The van der Waals surface area contributed by atoms with E-state index in [1.807, 2.05) is 13.8 Å². The van der Waals surface area contributed by atoms with E-state index in [0.29, 0.717) is 41.8 Å². The molecule has 0 radical (unpaired) electrons. The zero-order valence-corrected chi connectivity index (χ0v) is 11.2. The normalized spacial score (nSPS) is 10.4. The summed E-state index contributed by atoms with van der Waals surface area (Å²) >= 11 is 0. The smallest absolute Gasteiger partial charge is 0.255 e. The molecule has 0 aliphatic carbocycles. The van der Waals surface area contributed by atoms with Gasteiger partial charge in [0.05, 0.1) is 0 Å². The standard InChI is InChI=1S/C13H19N3O3/c1-3-5-10-8(12(14)17)7-9(13(15)18)11(6-4-2)16(10)19/h7H,3-6H2,1-2H3,(H2,14,17)(H2,15,18). The van der Waals surface area contributed by atoms with Gasteiger partial charge in [-0.3, -0.25) is 9.59 Å². The maximum absolute atomic E-state index is 12.3. The van der Waals surface area contributed by atoms with Gasteiger partial charge in [0.15, 0.2) is 0 Å². The average Bonchev–Trinajstić information content (AvgIpc) is 2.33. The van der Waals surface area contributed by atoms with Crippen molar-refractivity contribution >= 4 is 11.8 Å². The van der Waals surface area contributed by atoms with Crippen molar-refractivity contribution < 1.29 is 14.3 Å². The zero-order chi connectivity index (χ0) is 14.6. The fourth-order valence-electron chi connectivity index (χ4n) is 2.07. The highest BCUT2D eigenvalue weighted by molar-refractivity contribution is 5.99. The Kier molecular flexibility index (Phi) is 4.86. The number of hydrogen-bond acceptors (Lipinski definition) is 3. The molecule has 0 atom stereocenters. The van der Waals surface area contributed by atoms with Gasteiger partial charge in [-0.1, -0.05) is 13.8 Å². The molecule has 0 aromatic carbocycles. The molecule has 0 aliphatic heterocycles. The van der Waals surface area contributed by atoms with Crippen LogP contribution < -0.4 is 16.2 Å². The third-order valence-corrected chi connectivity index (χ3v) is 2.91. The molecule has 1 aromatic heterocycles. The Hall–Kier alpha value is -2.11. The molecular formula is C13H19N3O3. The summed E-state index contributed by atoms with van der Waals surface area (Å²) < 4.78 is 0.646. The van der Waals surface area contributed by atoms with E-state index in [9.17, 15) is 14.8 Å². The van der Waals surface area contributed by atoms with Crippen molar-refractivity contribution in [1.29, 1.82) is 0 Å². The van der Waals surface area contributed by atoms with Crippen molar-refractivity contribution in [2.24, 2.45) is 11.5 Å². The van der Waals surface area contributed by atoms with Crippen molar-refractivity contribution in [3.63, 3.8) is 0 Å². The number of nitrogens with zero attached hydrogens (tertiary/aromatic N) is 1. The summed E-state index contributed by atoms with van der Waals surface area (Å²) in [4.78, 5) is 22.8. The molecule has 0 saturated heterocycles. The molecule has 0 unspecified atom stereocenters. The van der Waals surface area contributed by atoms with Crippen molar-refractivity contribution in [3.8, 4) is 0 Å². The van der Waals surface area contributed by atoms with Crippen LogP contribution in [0.25, 0.3) is 0 Å². The number of primary amides is 2. The van der Waals surface area contributed by atoms with Gasteiger partial charge < -0.3 is 16.7 Å². The van der Waals surface area contributed by atoms with Crippen LogP contribution in [0.4, 0.5) is 0 Å². The fraction of sp³-hybridized carbons (Fsp3) is 0.462. The predicted octanol–water partition coefficient (Wildman–Crippen LogP) is 0.423. The number of aromatic nitrogens is 1. The van der Waals surface area contributed by atoms with Crippen LogP contribution in [0.1, 0.15) is 58.8 Å². The van der Waals surface area contributed by atoms with Crippen LogP contribution in [0.3, 0.4) is 0 Å². The lowest BCUT2D eigenvalue weighted by atomic mass is 10.0. The quantitative estimate of drug-likeness (QED) is 0.574. The van der Waals surface area contributed by atoms with Crippen LogP contribution >= 0.6 is 0 Å². The second-order valence-electron chi connectivity index (χ2n) is 4.39. The molecule has 0 bridgehead atoms. The lowest BCUT2D eigenvalue weighted by Gasteiger charge is -2.14. The van der Waals surface area contributed by atoms with E-state index < -0.39 is 11.8 Å². The molecule has 1 rings (SSSR count). The van der Waals surface area contributed by atoms with E-state index in [1.54, 1.807) is 0 Å². The summed E-state index contributed by atoms with van der Waals surface area (Å²) in [7, 11) is 0. The molecule has 6 nitrogen and oxygen atoms in total. The van der Waals surface area contributed by atoms with Crippen molar-refractivity contribution in [1.82, 2.24) is 0 Å². The number of pyridine rings is 1. The minimum absolute atomic E-state index is 0.0745. The van der Waals surface area contributed by atoms with Crippen LogP contribution in [-0.4, -0.2) is 11.8 Å². The van der Waals surface area contributed by atoms with E-state index >= 15 is 0 Å². The SMILES string of the molecule is CCCc1c(C(N)=O)cc(C(N)=O)c(CCC)[n+]1[O-]. The van der Waals surface area contributed by atoms with Gasteiger partial charge in [-0.2, -0.15) is 4.73 Å². The van der Waals surface area contributed by atoms with Crippen LogP contribution in [-0.2, 0) is 12.8 Å². The highest BCUT2D eigenvalue weighted by atomic mass is 16.5. The van der Waals surface area contributed by atoms with Crippen molar-refractivity contribution in [2.75, 3.05) is 0 Å². The zero-order valence-electron chi connectivity index (χ0n) is 11.2. The van der Waals surface area contributed by atoms with Crippen LogP contribution in [0.5, 0.6) is 0 Å². The van der Waals surface area contributed by atoms with E-state index in [2.05, 4.69) is 0 Å². The minimum atomic E-state index is -0.724. The van der Waals surface area contributed by atoms with Crippen LogP contribution in [0.15, 0.2) is 6.07 Å². The molecule has 6 heteroatoms. The van der Waals surface area contributed by atoms with Gasteiger partial charge in [-0.25, -0.2) is 0 Å². The fourth-order valence-corrected chi connectivity index (χ4v) is 2.07. The van der Waals surface area contributed by atoms with E-state index in [0.717, 1.165) is 0 Å². The van der Waals surface area contributed by atoms with Gasteiger partial charge in [0.25, 0.3) is 11.8 Å². The third kappa shape index (κ3) is 3.01. The summed E-state index contributed by atoms with van der Waals surface area (Å²) in [5.74, 6) is -1.45. The molecule has 2 amide bonds. The van der Waals surface area contributed by atoms with Crippen LogP contribution in [0.2, 0.25) is 0 Å². The molecule has 0 spiro atoms. The summed E-state index contributed by atoms with van der Waals surface area (Å²) in [6, 6.07) is 1.34. The van der Waals surface area contributed by atoms with Gasteiger partial charge in [0.2, 0.25) is 11.4 Å². The average molecular weight is 265 g/mol. The minimum Gasteiger partial charge on any atom is -0.618 e. The molecule has 4 N–H and O–H groups in total. The first kappa shape index (κ1) is 14.9. The molecule has 104 valence electrons. The second-order valence-corrected chi connectivity index (χ2v) is 4.39. The predicted molar refractivity (Wildman–Crippen MR) is 70.4 cm³/mol. The summed E-state index contributed by atoms with van der Waals surface area (Å²) in [5.41, 5.74) is 11.3. The summed E-state index contributed by atoms with van der Waals surface area (Å²) in [6.45, 7) is 3.79. The highest BCUT2D eigenvalue weighted by Gasteiger charge is 2.26. The maximum Gasteiger partial charge on any atom is 0.255 e. The van der Waals surface area contributed by atoms with Crippen molar-refractivity contribution in [2.45, 2.75) is 39.5 Å². The van der Waals surface area contributed by atoms with Gasteiger partial charge >= 0.3 is 0 Å². The molecule has 0 saturated carbocycles. The monoisotopic (exact) mass is 265 g/mol. The number of carbonyl (C=O) groups excluding carboxylic acids is 2. The molecule has 19 heavy (non-hydrogen) atoms. The second kappa shape index (κ2) is 6.17. The molecule has 0 fully saturated rings. The van der Waals surface area contributed by atoms with Gasteiger partial charge in [-0.05, 0) is 18.9 Å². The molecule has 1 heterocycles. The summed E-state index contributed by atoms with van der Waals surface area (Å²) in [6.07, 6.45) is 2.25. The maximum atomic E-state index is 12.3. The Morgan fingerprint density at radius 2 is 1.42 bits per heavy atom. The molecule has 1 aromatic rings. The van der Waals surface area contributed by atoms with E-state index in [-0.39, 0.29) is 11.1 Å². The van der Waals surface area contributed by atoms with E-state index in [4.69, 9.17) is 11.5 Å². The number of hydrogen-bond donors (Lipinski definition) is 2. The van der Waals surface area contributed by atoms with Gasteiger partial charge in [-0.15, -0.1) is 0 Å². The number of rotatable bonds is 6. The first-order valence-electron chi connectivity index (χ1n) is 6.31. The third-order valence-electron chi connectivity index (χ3n) is 2.91.